The number of anilines is 2. The maximum atomic E-state index is 12.1. The number of rotatable bonds is 5. The van der Waals surface area contributed by atoms with E-state index in [4.69, 9.17) is 0 Å². The number of carbonyl (C=O) groups is 1. The zero-order chi connectivity index (χ0) is 14.4. The monoisotopic (exact) mass is 269 g/mol. The fourth-order valence-corrected chi connectivity index (χ4v) is 1.81. The average Bonchev–Trinajstić information content (AvgIpc) is 2.45. The first-order valence-electron chi connectivity index (χ1n) is 6.77. The maximum absolute atomic E-state index is 12.1. The number of nitrogens with one attached hydrogen (secondary N) is 2. The summed E-state index contributed by atoms with van der Waals surface area (Å²) < 4.78 is 0. The minimum atomic E-state index is -0.148. The predicted molar refractivity (Wildman–Crippen MR) is 82.1 cm³/mol. The number of amides is 1. The molecule has 0 fully saturated rings. The zero-order valence-corrected chi connectivity index (χ0v) is 11.8. The molecule has 0 radical (unpaired) electrons. The highest BCUT2D eigenvalue weighted by atomic mass is 16.1. The molecule has 1 amide bonds. The van der Waals surface area contributed by atoms with Crippen LogP contribution in [-0.2, 0) is 0 Å². The van der Waals surface area contributed by atoms with E-state index in [2.05, 4.69) is 22.5 Å². The fourth-order valence-electron chi connectivity index (χ4n) is 1.81. The van der Waals surface area contributed by atoms with E-state index >= 15 is 0 Å². The Hall–Kier alpha value is -2.36. The van der Waals surface area contributed by atoms with Gasteiger partial charge in [0.1, 0.15) is 5.82 Å². The zero-order valence-electron chi connectivity index (χ0n) is 11.8. The van der Waals surface area contributed by atoms with Crippen molar-refractivity contribution in [2.75, 3.05) is 17.2 Å². The number of nitrogens with zero attached hydrogens (tertiary/aromatic N) is 1. The molecular weight excluding hydrogens is 250 g/mol. The van der Waals surface area contributed by atoms with E-state index in [-0.39, 0.29) is 5.91 Å². The van der Waals surface area contributed by atoms with Crippen LogP contribution in [0, 0.1) is 6.92 Å². The lowest BCUT2D eigenvalue weighted by atomic mass is 10.2. The number of hydrogen-bond acceptors (Lipinski definition) is 3. The molecule has 1 aromatic carbocycles. The summed E-state index contributed by atoms with van der Waals surface area (Å²) >= 11 is 0. The van der Waals surface area contributed by atoms with Crippen molar-refractivity contribution in [3.05, 3.63) is 53.7 Å². The molecule has 0 saturated heterocycles. The molecule has 0 saturated carbocycles. The van der Waals surface area contributed by atoms with E-state index in [0.29, 0.717) is 5.56 Å². The molecule has 1 heterocycles. The normalized spacial score (nSPS) is 10.1. The van der Waals surface area contributed by atoms with Gasteiger partial charge in [-0.05, 0) is 43.2 Å². The van der Waals surface area contributed by atoms with Crippen LogP contribution in [0.3, 0.4) is 0 Å². The molecule has 0 aliphatic rings. The Balaban J connectivity index is 2.02. The van der Waals surface area contributed by atoms with Gasteiger partial charge in [-0.1, -0.05) is 19.1 Å². The lowest BCUT2D eigenvalue weighted by molar-refractivity contribution is 0.102. The van der Waals surface area contributed by atoms with Crippen LogP contribution >= 0.6 is 0 Å². The van der Waals surface area contributed by atoms with Gasteiger partial charge in [0.2, 0.25) is 0 Å². The molecule has 2 aromatic rings. The summed E-state index contributed by atoms with van der Waals surface area (Å²) in [5.74, 6) is 0.643. The Morgan fingerprint density at radius 2 is 2.10 bits per heavy atom. The number of aryl methyl sites for hydroxylation is 1. The largest absolute Gasteiger partial charge is 0.370 e. The third-order valence-electron chi connectivity index (χ3n) is 2.86. The number of pyridine rings is 1. The molecule has 1 aromatic heterocycles. The summed E-state index contributed by atoms with van der Waals surface area (Å²) in [6, 6.07) is 11.3. The van der Waals surface area contributed by atoms with Crippen LogP contribution in [0.4, 0.5) is 11.5 Å². The molecule has 0 aliphatic carbocycles. The van der Waals surface area contributed by atoms with Crippen LogP contribution in [0.2, 0.25) is 0 Å². The number of aromatic nitrogens is 1. The summed E-state index contributed by atoms with van der Waals surface area (Å²) in [4.78, 5) is 16.3. The van der Waals surface area contributed by atoms with Crippen LogP contribution < -0.4 is 10.6 Å². The van der Waals surface area contributed by atoms with Crippen LogP contribution in [0.25, 0.3) is 0 Å². The predicted octanol–water partition coefficient (Wildman–Crippen LogP) is 3.46. The molecule has 0 spiro atoms. The van der Waals surface area contributed by atoms with Gasteiger partial charge in [-0.25, -0.2) is 4.98 Å². The molecule has 0 aliphatic heterocycles. The highest BCUT2D eigenvalue weighted by molar-refractivity contribution is 6.04. The number of benzene rings is 1. The first kappa shape index (κ1) is 14.1. The molecule has 2 N–H and O–H groups in total. The van der Waals surface area contributed by atoms with Gasteiger partial charge >= 0.3 is 0 Å². The summed E-state index contributed by atoms with van der Waals surface area (Å²) in [6.07, 6.45) is 2.63. The second-order valence-corrected chi connectivity index (χ2v) is 4.68. The molecule has 0 atom stereocenters. The molecule has 4 heteroatoms. The summed E-state index contributed by atoms with van der Waals surface area (Å²) in [5, 5.41) is 6.04. The Labute approximate surface area is 119 Å². The highest BCUT2D eigenvalue weighted by Crippen LogP contribution is 2.12. The average molecular weight is 269 g/mol. The number of hydrogen-bond donors (Lipinski definition) is 2. The Kier molecular flexibility index (Phi) is 4.71. The fraction of sp³-hybridized carbons (Fsp3) is 0.250. The molecule has 104 valence electrons. The van der Waals surface area contributed by atoms with Gasteiger partial charge < -0.3 is 10.6 Å². The van der Waals surface area contributed by atoms with Crippen molar-refractivity contribution in [3.8, 4) is 0 Å². The summed E-state index contributed by atoms with van der Waals surface area (Å²) in [6.45, 7) is 4.96. The maximum Gasteiger partial charge on any atom is 0.257 e. The highest BCUT2D eigenvalue weighted by Gasteiger charge is 2.06. The lowest BCUT2D eigenvalue weighted by Gasteiger charge is -2.07. The molecule has 4 nitrogen and oxygen atoms in total. The third kappa shape index (κ3) is 3.82. The Morgan fingerprint density at radius 1 is 1.25 bits per heavy atom. The first-order chi connectivity index (χ1) is 9.69. The molecule has 0 bridgehead atoms. The van der Waals surface area contributed by atoms with Crippen molar-refractivity contribution >= 4 is 17.4 Å². The van der Waals surface area contributed by atoms with Crippen LogP contribution in [0.15, 0.2) is 42.6 Å². The summed E-state index contributed by atoms with van der Waals surface area (Å²) in [5.41, 5.74) is 2.46. The van der Waals surface area contributed by atoms with Crippen LogP contribution in [0.5, 0.6) is 0 Å². The van der Waals surface area contributed by atoms with Crippen molar-refractivity contribution in [2.24, 2.45) is 0 Å². The first-order valence-corrected chi connectivity index (χ1v) is 6.77. The standard InChI is InChI=1S/C16H19N3O/c1-3-9-17-15-8-7-13(11-18-15)16(20)19-14-6-4-5-12(2)10-14/h4-8,10-11H,3,9H2,1-2H3,(H,17,18)(H,19,20). The molecule has 20 heavy (non-hydrogen) atoms. The topological polar surface area (TPSA) is 54.0 Å². The molecule has 2 rings (SSSR count). The van der Waals surface area contributed by atoms with Crippen LogP contribution in [0.1, 0.15) is 29.3 Å². The van der Waals surface area contributed by atoms with Crippen molar-refractivity contribution in [1.82, 2.24) is 4.98 Å². The minimum Gasteiger partial charge on any atom is -0.370 e. The van der Waals surface area contributed by atoms with Gasteiger partial charge in [0, 0.05) is 18.4 Å². The van der Waals surface area contributed by atoms with E-state index < -0.39 is 0 Å². The second kappa shape index (κ2) is 6.70. The van der Waals surface area contributed by atoms with E-state index in [1.54, 1.807) is 12.3 Å². The van der Waals surface area contributed by atoms with Crippen molar-refractivity contribution < 1.29 is 4.79 Å². The number of carbonyl (C=O) groups excluding carboxylic acids is 1. The van der Waals surface area contributed by atoms with Crippen LogP contribution in [-0.4, -0.2) is 17.4 Å². The lowest BCUT2D eigenvalue weighted by Crippen LogP contribution is -2.12. The van der Waals surface area contributed by atoms with Crippen molar-refractivity contribution in [1.29, 1.82) is 0 Å². The Bertz CT molecular complexity index is 579. The van der Waals surface area contributed by atoms with Gasteiger partial charge in [0.25, 0.3) is 5.91 Å². The van der Waals surface area contributed by atoms with Crippen molar-refractivity contribution in [2.45, 2.75) is 20.3 Å². The second-order valence-electron chi connectivity index (χ2n) is 4.68. The van der Waals surface area contributed by atoms with Gasteiger partial charge in [-0.3, -0.25) is 4.79 Å². The van der Waals surface area contributed by atoms with E-state index in [1.165, 1.54) is 0 Å². The molecule has 0 unspecified atom stereocenters. The smallest absolute Gasteiger partial charge is 0.257 e. The van der Waals surface area contributed by atoms with E-state index in [0.717, 1.165) is 30.0 Å². The SMILES string of the molecule is CCCNc1ccc(C(=O)Nc2cccc(C)c2)cn1. The van der Waals surface area contributed by atoms with Gasteiger partial charge in [-0.15, -0.1) is 0 Å². The van der Waals surface area contributed by atoms with Crippen molar-refractivity contribution in [3.63, 3.8) is 0 Å². The van der Waals surface area contributed by atoms with E-state index in [9.17, 15) is 4.79 Å². The van der Waals surface area contributed by atoms with Gasteiger partial charge in [-0.2, -0.15) is 0 Å². The minimum absolute atomic E-state index is 0.148. The van der Waals surface area contributed by atoms with Gasteiger partial charge in [0.05, 0.1) is 5.56 Å². The molecular formula is C16H19N3O. The summed E-state index contributed by atoms with van der Waals surface area (Å²) in [7, 11) is 0. The Morgan fingerprint density at radius 3 is 2.75 bits per heavy atom. The third-order valence-corrected chi connectivity index (χ3v) is 2.86. The van der Waals surface area contributed by atoms with Gasteiger partial charge in [0.15, 0.2) is 0 Å². The van der Waals surface area contributed by atoms with E-state index in [1.807, 2.05) is 37.3 Å². The quantitative estimate of drug-likeness (QED) is 0.874.